The Kier molecular flexibility index (Phi) is 2.42. The molecule has 0 atom stereocenters. The minimum absolute atomic E-state index is 0.0288. The predicted molar refractivity (Wildman–Crippen MR) is 68.1 cm³/mol. The lowest BCUT2D eigenvalue weighted by Gasteiger charge is -2.08. The summed E-state index contributed by atoms with van der Waals surface area (Å²) in [6.07, 6.45) is 1.23. The first-order valence-electron chi connectivity index (χ1n) is 5.53. The van der Waals surface area contributed by atoms with Crippen LogP contribution in [0.15, 0.2) is 47.5 Å². The van der Waals surface area contributed by atoms with Crippen molar-refractivity contribution in [1.82, 2.24) is 14.7 Å². The number of hydrogen-bond acceptors (Lipinski definition) is 5. The smallest absolute Gasteiger partial charge is 0.288 e. The van der Waals surface area contributed by atoms with Gasteiger partial charge in [0.15, 0.2) is 5.65 Å². The number of aromatic hydroxyl groups is 1. The molecule has 94 valence electrons. The molecule has 19 heavy (non-hydrogen) atoms. The highest BCUT2D eigenvalue weighted by molar-refractivity contribution is 5.94. The summed E-state index contributed by atoms with van der Waals surface area (Å²) < 4.78 is 0.392. The molecule has 2 aromatic heterocycles. The summed E-state index contributed by atoms with van der Waals surface area (Å²) in [5.41, 5.74) is 0.427. The molecule has 0 aliphatic carbocycles. The first-order valence-corrected chi connectivity index (χ1v) is 5.53. The Hall–Kier alpha value is -2.89. The maximum Gasteiger partial charge on any atom is 0.288 e. The van der Waals surface area contributed by atoms with Gasteiger partial charge in [-0.3, -0.25) is 4.79 Å². The zero-order valence-corrected chi connectivity index (χ0v) is 9.69. The first-order chi connectivity index (χ1) is 9.18. The zero-order chi connectivity index (χ0) is 13.4. The number of aromatic nitrogens is 3. The normalized spacial score (nSPS) is 10.7. The molecule has 2 heterocycles. The molecule has 0 spiro atoms. The third kappa shape index (κ3) is 1.70. The molecule has 3 aromatic rings. The molecule has 2 N–H and O–H groups in total. The van der Waals surface area contributed by atoms with E-state index in [-0.39, 0.29) is 16.8 Å². The van der Waals surface area contributed by atoms with Gasteiger partial charge in [-0.05, 0) is 0 Å². The van der Waals surface area contributed by atoms with Gasteiger partial charge in [0, 0.05) is 11.6 Å². The third-order valence-electron chi connectivity index (χ3n) is 2.80. The van der Waals surface area contributed by atoms with Crippen LogP contribution in [0.25, 0.3) is 22.3 Å². The zero-order valence-electron chi connectivity index (χ0n) is 9.69. The highest BCUT2D eigenvalue weighted by Crippen LogP contribution is 2.30. The van der Waals surface area contributed by atoms with E-state index >= 15 is 0 Å². The van der Waals surface area contributed by atoms with E-state index in [0.29, 0.717) is 10.4 Å². The average molecular weight is 255 g/mol. The minimum atomic E-state index is -0.747. The second-order valence-electron chi connectivity index (χ2n) is 3.97. The number of fused-ring (bicyclic) bond motifs is 1. The van der Waals surface area contributed by atoms with Crippen molar-refractivity contribution in [2.24, 2.45) is 0 Å². The van der Waals surface area contributed by atoms with Crippen LogP contribution in [0, 0.1) is 0 Å². The first kappa shape index (κ1) is 11.2. The van der Waals surface area contributed by atoms with E-state index < -0.39 is 5.56 Å². The Morgan fingerprint density at radius 3 is 2.58 bits per heavy atom. The Morgan fingerprint density at radius 2 is 1.84 bits per heavy atom. The molecule has 0 aliphatic heterocycles. The van der Waals surface area contributed by atoms with Crippen molar-refractivity contribution >= 4 is 11.0 Å². The van der Waals surface area contributed by atoms with Gasteiger partial charge in [-0.25, -0.2) is 9.97 Å². The quantitative estimate of drug-likeness (QED) is 0.642. The molecule has 0 saturated carbocycles. The van der Waals surface area contributed by atoms with E-state index in [1.165, 1.54) is 6.33 Å². The maximum absolute atomic E-state index is 11.4. The molecule has 0 unspecified atom stereocenters. The van der Waals surface area contributed by atoms with Crippen LogP contribution < -0.4 is 5.56 Å². The summed E-state index contributed by atoms with van der Waals surface area (Å²) in [6.45, 7) is 0. The summed E-state index contributed by atoms with van der Waals surface area (Å²) in [6, 6.07) is 10.1. The standard InChI is InChI=1S/C13H9N3O3/c17-9-6-10(18)16(19)13-11(9)12(14-7-15-13)8-4-2-1-3-5-8/h1-7,17,19H. The van der Waals surface area contributed by atoms with Gasteiger partial charge in [-0.2, -0.15) is 0 Å². The number of hydrogen-bond donors (Lipinski definition) is 2. The molecule has 0 radical (unpaired) electrons. The van der Waals surface area contributed by atoms with Crippen LogP contribution in [0.1, 0.15) is 0 Å². The van der Waals surface area contributed by atoms with E-state index in [4.69, 9.17) is 0 Å². The number of pyridine rings is 1. The Morgan fingerprint density at radius 1 is 1.11 bits per heavy atom. The topological polar surface area (TPSA) is 88.2 Å². The van der Waals surface area contributed by atoms with E-state index in [0.717, 1.165) is 11.6 Å². The molecule has 6 heteroatoms. The largest absolute Gasteiger partial charge is 0.507 e. The van der Waals surface area contributed by atoms with Gasteiger partial charge in [0.1, 0.15) is 12.1 Å². The Labute approximate surface area is 107 Å². The van der Waals surface area contributed by atoms with Crippen molar-refractivity contribution in [3.63, 3.8) is 0 Å². The monoisotopic (exact) mass is 255 g/mol. The summed E-state index contributed by atoms with van der Waals surface area (Å²) in [4.78, 5) is 19.3. The lowest BCUT2D eigenvalue weighted by Crippen LogP contribution is -2.17. The fraction of sp³-hybridized carbons (Fsp3) is 0. The second kappa shape index (κ2) is 4.09. The van der Waals surface area contributed by atoms with Crippen LogP contribution in [0.5, 0.6) is 5.75 Å². The van der Waals surface area contributed by atoms with Gasteiger partial charge >= 0.3 is 0 Å². The Balaban J connectivity index is 2.46. The van der Waals surface area contributed by atoms with Crippen LogP contribution in [0.3, 0.4) is 0 Å². The average Bonchev–Trinajstić information content (AvgIpc) is 2.45. The van der Waals surface area contributed by atoms with Crippen LogP contribution in [-0.4, -0.2) is 25.0 Å². The molecule has 0 aliphatic rings. The van der Waals surface area contributed by atoms with Gasteiger partial charge < -0.3 is 10.3 Å². The summed E-state index contributed by atoms with van der Waals surface area (Å²) in [7, 11) is 0. The highest BCUT2D eigenvalue weighted by atomic mass is 16.5. The van der Waals surface area contributed by atoms with Gasteiger partial charge in [-0.1, -0.05) is 30.3 Å². The van der Waals surface area contributed by atoms with E-state index in [2.05, 4.69) is 9.97 Å². The van der Waals surface area contributed by atoms with Crippen molar-refractivity contribution in [3.05, 3.63) is 53.1 Å². The van der Waals surface area contributed by atoms with E-state index in [1.807, 2.05) is 30.3 Å². The molecule has 1 aromatic carbocycles. The van der Waals surface area contributed by atoms with E-state index in [9.17, 15) is 15.1 Å². The highest BCUT2D eigenvalue weighted by Gasteiger charge is 2.14. The summed E-state index contributed by atoms with van der Waals surface area (Å²) in [5.74, 6) is -0.259. The van der Waals surface area contributed by atoms with Crippen molar-refractivity contribution in [1.29, 1.82) is 0 Å². The Bertz CT molecular complexity index is 812. The minimum Gasteiger partial charge on any atom is -0.507 e. The second-order valence-corrected chi connectivity index (χ2v) is 3.97. The SMILES string of the molecule is O=c1cc(O)c2c(-c3ccccc3)ncnc2n1O. The van der Waals surface area contributed by atoms with Gasteiger partial charge in [0.25, 0.3) is 5.56 Å². The molecule has 0 amide bonds. The summed E-state index contributed by atoms with van der Waals surface area (Å²) in [5, 5.41) is 19.8. The van der Waals surface area contributed by atoms with Crippen LogP contribution in [-0.2, 0) is 0 Å². The molecule has 6 nitrogen and oxygen atoms in total. The number of rotatable bonds is 1. The molecule has 0 bridgehead atoms. The van der Waals surface area contributed by atoms with Crippen molar-refractivity contribution in [2.45, 2.75) is 0 Å². The van der Waals surface area contributed by atoms with Gasteiger partial charge in [0.05, 0.1) is 11.1 Å². The van der Waals surface area contributed by atoms with Crippen LogP contribution in [0.2, 0.25) is 0 Å². The molecule has 3 rings (SSSR count). The van der Waals surface area contributed by atoms with Crippen molar-refractivity contribution in [2.75, 3.05) is 0 Å². The third-order valence-corrected chi connectivity index (χ3v) is 2.80. The number of nitrogens with zero attached hydrogens (tertiary/aromatic N) is 3. The van der Waals surface area contributed by atoms with Gasteiger partial charge in [-0.15, -0.1) is 4.73 Å². The van der Waals surface area contributed by atoms with Crippen molar-refractivity contribution < 1.29 is 10.3 Å². The van der Waals surface area contributed by atoms with E-state index in [1.54, 1.807) is 0 Å². The fourth-order valence-electron chi connectivity index (χ4n) is 1.94. The van der Waals surface area contributed by atoms with Crippen molar-refractivity contribution in [3.8, 4) is 17.0 Å². The summed E-state index contributed by atoms with van der Waals surface area (Å²) >= 11 is 0. The molecule has 0 fully saturated rings. The van der Waals surface area contributed by atoms with Crippen LogP contribution >= 0.6 is 0 Å². The lowest BCUT2D eigenvalue weighted by atomic mass is 10.1. The fourth-order valence-corrected chi connectivity index (χ4v) is 1.94. The van der Waals surface area contributed by atoms with Crippen LogP contribution in [0.4, 0.5) is 0 Å². The molecule has 0 saturated heterocycles. The predicted octanol–water partition coefficient (Wildman–Crippen LogP) is 1.40. The molecular weight excluding hydrogens is 246 g/mol. The maximum atomic E-state index is 11.4. The number of benzene rings is 1. The van der Waals surface area contributed by atoms with Gasteiger partial charge in [0.2, 0.25) is 0 Å². The lowest BCUT2D eigenvalue weighted by molar-refractivity contribution is 0.186. The molecular formula is C13H9N3O3.